The number of aromatic nitrogens is 2. The van der Waals surface area contributed by atoms with Crippen molar-refractivity contribution in [3.8, 4) is 5.75 Å². The van der Waals surface area contributed by atoms with Crippen LogP contribution in [-0.2, 0) is 27.2 Å². The van der Waals surface area contributed by atoms with Crippen molar-refractivity contribution in [1.82, 2.24) is 14.9 Å². The number of halogens is 1. The van der Waals surface area contributed by atoms with Crippen LogP contribution in [0, 0.1) is 5.82 Å². The molecule has 1 aromatic carbocycles. The summed E-state index contributed by atoms with van der Waals surface area (Å²) < 4.78 is 24.2. The van der Waals surface area contributed by atoms with Crippen molar-refractivity contribution >= 4 is 22.9 Å². The lowest BCUT2D eigenvalue weighted by Crippen LogP contribution is -2.40. The number of benzene rings is 1. The van der Waals surface area contributed by atoms with E-state index in [1.54, 1.807) is 32.0 Å². The molecule has 0 aliphatic heterocycles. The number of rotatable bonds is 9. The predicted octanol–water partition coefficient (Wildman–Crippen LogP) is 2.16. The number of hydrogen-bond acceptors (Lipinski definition) is 7. The molecule has 180 valence electrons. The minimum absolute atomic E-state index is 0.00515. The van der Waals surface area contributed by atoms with Crippen LogP contribution in [0.15, 0.2) is 41.3 Å². The van der Waals surface area contributed by atoms with Crippen LogP contribution in [0.4, 0.5) is 4.39 Å². The predicted molar refractivity (Wildman–Crippen MR) is 122 cm³/mol. The van der Waals surface area contributed by atoms with Crippen molar-refractivity contribution in [3.63, 3.8) is 0 Å². The molecule has 1 unspecified atom stereocenters. The molecule has 1 amide bonds. The molecule has 0 radical (unpaired) electrons. The first-order chi connectivity index (χ1) is 16.2. The lowest BCUT2D eigenvalue weighted by Gasteiger charge is -2.17. The topological polar surface area (TPSA) is 120 Å². The summed E-state index contributed by atoms with van der Waals surface area (Å²) in [4.78, 5) is 42.5. The summed E-state index contributed by atoms with van der Waals surface area (Å²) in [6.07, 6.45) is 1.85. The molecule has 34 heavy (non-hydrogen) atoms. The maximum absolute atomic E-state index is 13.2. The maximum atomic E-state index is 13.2. The Morgan fingerprint density at radius 2 is 1.94 bits per heavy atom. The molecule has 9 nitrogen and oxygen atoms in total. The number of fused-ring (bicyclic) bond motifs is 1. The Bertz CT molecular complexity index is 1260. The molecule has 3 aromatic rings. The van der Waals surface area contributed by atoms with Crippen LogP contribution in [0.3, 0.4) is 0 Å². The average Bonchev–Trinajstić information content (AvgIpc) is 2.78. The van der Waals surface area contributed by atoms with Gasteiger partial charge in [0.25, 0.3) is 5.56 Å². The van der Waals surface area contributed by atoms with E-state index in [-0.39, 0.29) is 36.1 Å². The lowest BCUT2D eigenvalue weighted by atomic mass is 10.1. The third-order valence-electron chi connectivity index (χ3n) is 5.06. The highest BCUT2D eigenvalue weighted by Crippen LogP contribution is 2.26. The number of nitrogens with zero attached hydrogens (tertiary/aromatic N) is 2. The highest BCUT2D eigenvalue weighted by molar-refractivity contribution is 5.98. The van der Waals surface area contributed by atoms with E-state index in [4.69, 9.17) is 9.47 Å². The van der Waals surface area contributed by atoms with Crippen molar-refractivity contribution in [1.29, 1.82) is 0 Å². The fraction of sp³-hybridized carbons (Fsp3) is 0.333. The summed E-state index contributed by atoms with van der Waals surface area (Å²) >= 11 is 0. The monoisotopic (exact) mass is 471 g/mol. The van der Waals surface area contributed by atoms with Gasteiger partial charge in [0.15, 0.2) is 11.3 Å². The minimum atomic E-state index is -1.01. The number of aromatic hydroxyl groups is 1. The van der Waals surface area contributed by atoms with Gasteiger partial charge < -0.3 is 19.9 Å². The number of nitrogens with one attached hydrogen (secondary N) is 1. The van der Waals surface area contributed by atoms with Crippen LogP contribution in [0.25, 0.3) is 11.0 Å². The minimum Gasteiger partial charge on any atom is -0.505 e. The first kappa shape index (κ1) is 24.8. The van der Waals surface area contributed by atoms with E-state index in [9.17, 15) is 23.9 Å². The van der Waals surface area contributed by atoms with Crippen LogP contribution < -0.4 is 10.9 Å². The summed E-state index contributed by atoms with van der Waals surface area (Å²) in [5.41, 5.74) is 0.135. The fourth-order valence-corrected chi connectivity index (χ4v) is 3.58. The molecule has 3 rings (SSSR count). The highest BCUT2D eigenvalue weighted by Gasteiger charge is 2.25. The van der Waals surface area contributed by atoms with E-state index >= 15 is 0 Å². The van der Waals surface area contributed by atoms with Gasteiger partial charge in [-0.2, -0.15) is 0 Å². The maximum Gasteiger partial charge on any atom is 0.347 e. The molecule has 0 aliphatic rings. The fourth-order valence-electron chi connectivity index (χ4n) is 3.58. The molecule has 0 bridgehead atoms. The lowest BCUT2D eigenvalue weighted by molar-refractivity contribution is -0.122. The van der Waals surface area contributed by atoms with Gasteiger partial charge in [-0.1, -0.05) is 12.1 Å². The summed E-state index contributed by atoms with van der Waals surface area (Å²) in [5.74, 6) is -2.47. The smallest absolute Gasteiger partial charge is 0.347 e. The summed E-state index contributed by atoms with van der Waals surface area (Å²) in [5, 5.41) is 13.4. The van der Waals surface area contributed by atoms with Crippen molar-refractivity contribution in [3.05, 3.63) is 69.4 Å². The highest BCUT2D eigenvalue weighted by atomic mass is 19.1. The van der Waals surface area contributed by atoms with Gasteiger partial charge in [0.1, 0.15) is 17.9 Å². The van der Waals surface area contributed by atoms with Gasteiger partial charge in [0.2, 0.25) is 5.91 Å². The van der Waals surface area contributed by atoms with Crippen LogP contribution in [0.2, 0.25) is 0 Å². The molecule has 1 atom stereocenters. The molecule has 0 saturated carbocycles. The largest absolute Gasteiger partial charge is 0.505 e. The number of esters is 1. The number of pyridine rings is 2. The van der Waals surface area contributed by atoms with Gasteiger partial charge in [0.05, 0.1) is 18.7 Å². The second-order valence-electron chi connectivity index (χ2n) is 7.77. The number of amides is 1. The molecule has 10 heteroatoms. The van der Waals surface area contributed by atoms with E-state index < -0.39 is 35.3 Å². The number of ether oxygens (including phenoxy) is 2. The first-order valence-electron chi connectivity index (χ1n) is 10.7. The molecular formula is C24H26FN3O6. The second-order valence-corrected chi connectivity index (χ2v) is 7.77. The van der Waals surface area contributed by atoms with Gasteiger partial charge in [-0.15, -0.1) is 0 Å². The summed E-state index contributed by atoms with van der Waals surface area (Å²) in [6, 6.07) is 7.21. The standard InChI is InChI=1S/C24H26FN3O6/c1-4-34-24(32)20-22(30)21-18(28(23(20)31)12-19(29)27-14(2)13-33-3)10-16(11-26-21)9-15-5-7-17(25)8-6-15/h5-8,10-11,14,30H,4,9,12-13H2,1-3H3,(H,27,29). The van der Waals surface area contributed by atoms with Gasteiger partial charge in [0, 0.05) is 19.3 Å². The Labute approximate surface area is 195 Å². The van der Waals surface area contributed by atoms with E-state index in [1.807, 2.05) is 0 Å². The van der Waals surface area contributed by atoms with E-state index in [1.165, 1.54) is 25.4 Å². The normalized spacial score (nSPS) is 11.9. The van der Waals surface area contributed by atoms with Gasteiger partial charge in [-0.3, -0.25) is 19.1 Å². The molecular weight excluding hydrogens is 445 g/mol. The number of hydrogen-bond donors (Lipinski definition) is 2. The van der Waals surface area contributed by atoms with Gasteiger partial charge in [-0.25, -0.2) is 9.18 Å². The zero-order valence-corrected chi connectivity index (χ0v) is 19.1. The molecule has 0 saturated heterocycles. The van der Waals surface area contributed by atoms with Crippen molar-refractivity contribution < 1.29 is 28.6 Å². The zero-order valence-electron chi connectivity index (χ0n) is 19.1. The quantitative estimate of drug-likeness (QED) is 0.459. The molecule has 0 spiro atoms. The van der Waals surface area contributed by atoms with Crippen molar-refractivity contribution in [2.75, 3.05) is 20.3 Å². The molecule has 0 fully saturated rings. The van der Waals surface area contributed by atoms with Crippen LogP contribution in [0.1, 0.15) is 35.3 Å². The van der Waals surface area contributed by atoms with Crippen LogP contribution in [-0.4, -0.2) is 52.9 Å². The SMILES string of the molecule is CCOC(=O)c1c(O)c2ncc(Cc3ccc(F)cc3)cc2n(CC(=O)NC(C)COC)c1=O. The van der Waals surface area contributed by atoms with Crippen molar-refractivity contribution in [2.24, 2.45) is 0 Å². The van der Waals surface area contributed by atoms with E-state index in [0.717, 1.165) is 10.1 Å². The van der Waals surface area contributed by atoms with Crippen LogP contribution >= 0.6 is 0 Å². The van der Waals surface area contributed by atoms with Crippen LogP contribution in [0.5, 0.6) is 5.75 Å². The average molecular weight is 471 g/mol. The molecule has 2 aromatic heterocycles. The zero-order chi connectivity index (χ0) is 24.8. The third kappa shape index (κ3) is 5.57. The molecule has 2 heterocycles. The second kappa shape index (κ2) is 10.9. The summed E-state index contributed by atoms with van der Waals surface area (Å²) in [7, 11) is 1.50. The Hall–Kier alpha value is -3.79. The first-order valence-corrected chi connectivity index (χ1v) is 10.7. The summed E-state index contributed by atoms with van der Waals surface area (Å²) in [6.45, 7) is 3.16. The molecule has 2 N–H and O–H groups in total. The Morgan fingerprint density at radius 1 is 1.24 bits per heavy atom. The number of methoxy groups -OCH3 is 1. The van der Waals surface area contributed by atoms with Gasteiger partial charge in [-0.05, 0) is 49.6 Å². The Morgan fingerprint density at radius 3 is 2.59 bits per heavy atom. The molecule has 0 aliphatic carbocycles. The van der Waals surface area contributed by atoms with E-state index in [0.29, 0.717) is 12.0 Å². The number of carbonyl (C=O) groups excluding carboxylic acids is 2. The number of carbonyl (C=O) groups is 2. The van der Waals surface area contributed by atoms with Crippen molar-refractivity contribution in [2.45, 2.75) is 32.9 Å². The van der Waals surface area contributed by atoms with E-state index in [2.05, 4.69) is 10.3 Å². The Balaban J connectivity index is 2.10. The van der Waals surface area contributed by atoms with Gasteiger partial charge >= 0.3 is 5.97 Å². The third-order valence-corrected chi connectivity index (χ3v) is 5.06. The Kier molecular flexibility index (Phi) is 7.95.